The van der Waals surface area contributed by atoms with E-state index < -0.39 is 10.0 Å². The Morgan fingerprint density at radius 1 is 1.04 bits per heavy atom. The molecule has 0 saturated heterocycles. The van der Waals surface area contributed by atoms with E-state index in [-0.39, 0.29) is 11.7 Å². The molecule has 2 heterocycles. The van der Waals surface area contributed by atoms with Gasteiger partial charge in [0.05, 0.1) is 16.1 Å². The van der Waals surface area contributed by atoms with Gasteiger partial charge in [-0.1, -0.05) is 18.2 Å². The number of sulfonamides is 1. The summed E-state index contributed by atoms with van der Waals surface area (Å²) in [7, 11) is -3.76. The molecule has 0 unspecified atom stereocenters. The SMILES string of the molecule is Cc1ccc2cccc(NS(=O)(=O)c3ccc4c(c3)OCO4)c2n1. The van der Waals surface area contributed by atoms with Gasteiger partial charge in [0, 0.05) is 17.1 Å². The van der Waals surface area contributed by atoms with E-state index in [9.17, 15) is 8.42 Å². The second-order valence-corrected chi connectivity index (χ2v) is 7.13. The quantitative estimate of drug-likeness (QED) is 0.791. The molecule has 1 aliphatic heterocycles. The first-order valence-corrected chi connectivity index (χ1v) is 8.80. The van der Waals surface area contributed by atoms with Crippen molar-refractivity contribution in [2.24, 2.45) is 0 Å². The number of benzene rings is 2. The average molecular weight is 342 g/mol. The summed E-state index contributed by atoms with van der Waals surface area (Å²) in [5.74, 6) is 0.959. The van der Waals surface area contributed by atoms with E-state index >= 15 is 0 Å². The standard InChI is InChI=1S/C17H14N2O4S/c1-11-5-6-12-3-2-4-14(17(12)18-11)19-24(20,21)13-7-8-15-16(9-13)23-10-22-15/h2-9,19H,10H2,1H3. The van der Waals surface area contributed by atoms with Crippen LogP contribution in [0.25, 0.3) is 10.9 Å². The molecule has 0 atom stereocenters. The molecule has 0 amide bonds. The maximum absolute atomic E-state index is 12.7. The largest absolute Gasteiger partial charge is 0.454 e. The molecule has 1 aromatic heterocycles. The van der Waals surface area contributed by atoms with E-state index in [0.717, 1.165) is 11.1 Å². The van der Waals surface area contributed by atoms with Crippen LogP contribution >= 0.6 is 0 Å². The van der Waals surface area contributed by atoms with Gasteiger partial charge in [-0.3, -0.25) is 9.71 Å². The fourth-order valence-corrected chi connectivity index (χ4v) is 3.66. The van der Waals surface area contributed by atoms with Crippen LogP contribution in [0.5, 0.6) is 11.5 Å². The van der Waals surface area contributed by atoms with Crippen LogP contribution in [0.4, 0.5) is 5.69 Å². The Balaban J connectivity index is 1.76. The summed E-state index contributed by atoms with van der Waals surface area (Å²) in [6, 6.07) is 13.7. The van der Waals surface area contributed by atoms with Gasteiger partial charge in [-0.2, -0.15) is 0 Å². The van der Waals surface area contributed by atoms with Crippen molar-refractivity contribution in [2.75, 3.05) is 11.5 Å². The Kier molecular flexibility index (Phi) is 3.31. The van der Waals surface area contributed by atoms with Gasteiger partial charge >= 0.3 is 0 Å². The smallest absolute Gasteiger partial charge is 0.262 e. The minimum atomic E-state index is -3.76. The Labute approximate surface area is 139 Å². The van der Waals surface area contributed by atoms with Crippen molar-refractivity contribution in [3.05, 3.63) is 54.2 Å². The Bertz CT molecular complexity index is 1050. The summed E-state index contributed by atoms with van der Waals surface area (Å²) in [6.07, 6.45) is 0. The predicted molar refractivity (Wildman–Crippen MR) is 89.9 cm³/mol. The molecular formula is C17H14N2O4S. The Hall–Kier alpha value is -2.80. The third-order valence-electron chi connectivity index (χ3n) is 3.76. The highest BCUT2D eigenvalue weighted by molar-refractivity contribution is 7.92. The van der Waals surface area contributed by atoms with E-state index in [1.165, 1.54) is 12.1 Å². The minimum Gasteiger partial charge on any atom is -0.454 e. The second-order valence-electron chi connectivity index (χ2n) is 5.45. The fraction of sp³-hybridized carbons (Fsp3) is 0.118. The number of ether oxygens (including phenoxy) is 2. The summed E-state index contributed by atoms with van der Waals surface area (Å²) >= 11 is 0. The number of aryl methyl sites for hydroxylation is 1. The maximum Gasteiger partial charge on any atom is 0.262 e. The molecule has 24 heavy (non-hydrogen) atoms. The molecule has 0 radical (unpaired) electrons. The van der Waals surface area contributed by atoms with E-state index in [1.54, 1.807) is 18.2 Å². The van der Waals surface area contributed by atoms with Crippen molar-refractivity contribution in [1.82, 2.24) is 4.98 Å². The summed E-state index contributed by atoms with van der Waals surface area (Å²) in [5, 5.41) is 0.867. The average Bonchev–Trinajstić information content (AvgIpc) is 3.03. The molecule has 0 bridgehead atoms. The predicted octanol–water partition coefficient (Wildman–Crippen LogP) is 3.07. The van der Waals surface area contributed by atoms with Gasteiger partial charge in [0.1, 0.15) is 0 Å². The first-order valence-electron chi connectivity index (χ1n) is 7.32. The summed E-state index contributed by atoms with van der Waals surface area (Å²) in [6.45, 7) is 1.96. The van der Waals surface area contributed by atoms with E-state index in [4.69, 9.17) is 9.47 Å². The van der Waals surface area contributed by atoms with Crippen molar-refractivity contribution in [2.45, 2.75) is 11.8 Å². The number of nitrogens with one attached hydrogen (secondary N) is 1. The van der Waals surface area contributed by atoms with Crippen molar-refractivity contribution < 1.29 is 17.9 Å². The molecule has 6 nitrogen and oxygen atoms in total. The van der Waals surface area contributed by atoms with Crippen LogP contribution < -0.4 is 14.2 Å². The lowest BCUT2D eigenvalue weighted by atomic mass is 10.2. The molecule has 4 rings (SSSR count). The number of hydrogen-bond acceptors (Lipinski definition) is 5. The maximum atomic E-state index is 12.7. The van der Waals surface area contributed by atoms with Crippen LogP contribution in [-0.2, 0) is 10.0 Å². The zero-order chi connectivity index (χ0) is 16.7. The Morgan fingerprint density at radius 2 is 1.88 bits per heavy atom. The van der Waals surface area contributed by atoms with Crippen LogP contribution in [0.3, 0.4) is 0 Å². The van der Waals surface area contributed by atoms with Crippen LogP contribution in [0, 0.1) is 6.92 Å². The third-order valence-corrected chi connectivity index (χ3v) is 5.12. The first-order chi connectivity index (χ1) is 11.5. The number of aromatic nitrogens is 1. The van der Waals surface area contributed by atoms with Gasteiger partial charge in [0.25, 0.3) is 10.0 Å². The van der Waals surface area contributed by atoms with E-state index in [1.807, 2.05) is 25.1 Å². The van der Waals surface area contributed by atoms with Crippen LogP contribution in [0.1, 0.15) is 5.69 Å². The van der Waals surface area contributed by atoms with Gasteiger partial charge in [0.15, 0.2) is 11.5 Å². The van der Waals surface area contributed by atoms with Crippen LogP contribution in [0.15, 0.2) is 53.4 Å². The highest BCUT2D eigenvalue weighted by atomic mass is 32.2. The molecule has 2 aromatic carbocycles. The minimum absolute atomic E-state index is 0.0960. The van der Waals surface area contributed by atoms with Crippen molar-refractivity contribution in [1.29, 1.82) is 0 Å². The van der Waals surface area contributed by atoms with Gasteiger partial charge in [-0.25, -0.2) is 8.42 Å². The molecule has 122 valence electrons. The molecular weight excluding hydrogens is 328 g/mol. The highest BCUT2D eigenvalue weighted by Gasteiger charge is 2.21. The van der Waals surface area contributed by atoms with Gasteiger partial charge in [-0.15, -0.1) is 0 Å². The van der Waals surface area contributed by atoms with Crippen molar-refractivity contribution in [3.63, 3.8) is 0 Å². The molecule has 0 spiro atoms. The van der Waals surface area contributed by atoms with E-state index in [2.05, 4.69) is 9.71 Å². The first kappa shape index (κ1) is 14.8. The molecule has 3 aromatic rings. The highest BCUT2D eigenvalue weighted by Crippen LogP contribution is 2.34. The van der Waals surface area contributed by atoms with E-state index in [0.29, 0.717) is 22.7 Å². The molecule has 1 aliphatic rings. The number of pyridine rings is 1. The Morgan fingerprint density at radius 3 is 2.75 bits per heavy atom. The van der Waals surface area contributed by atoms with Crippen molar-refractivity contribution in [3.8, 4) is 11.5 Å². The van der Waals surface area contributed by atoms with Gasteiger partial charge in [0.2, 0.25) is 6.79 Å². The lowest BCUT2D eigenvalue weighted by Crippen LogP contribution is -2.13. The fourth-order valence-electron chi connectivity index (χ4n) is 2.57. The molecule has 0 aliphatic carbocycles. The number of rotatable bonds is 3. The molecule has 7 heteroatoms. The molecule has 0 fully saturated rings. The monoisotopic (exact) mass is 342 g/mol. The van der Waals surface area contributed by atoms with Gasteiger partial charge < -0.3 is 9.47 Å². The number of nitrogens with zero attached hydrogens (tertiary/aromatic N) is 1. The molecule has 1 N–H and O–H groups in total. The normalized spacial score (nSPS) is 13.2. The summed E-state index contributed by atoms with van der Waals surface area (Å²) < 4.78 is 38.5. The number of anilines is 1. The lowest BCUT2D eigenvalue weighted by Gasteiger charge is -2.11. The zero-order valence-electron chi connectivity index (χ0n) is 12.8. The van der Waals surface area contributed by atoms with Gasteiger partial charge in [-0.05, 0) is 31.2 Å². The zero-order valence-corrected chi connectivity index (χ0v) is 13.6. The second kappa shape index (κ2) is 5.38. The topological polar surface area (TPSA) is 77.5 Å². The van der Waals surface area contributed by atoms with Crippen molar-refractivity contribution >= 4 is 26.6 Å². The summed E-state index contributed by atoms with van der Waals surface area (Å²) in [4.78, 5) is 4.55. The summed E-state index contributed by atoms with van der Waals surface area (Å²) in [5.41, 5.74) is 1.87. The van der Waals surface area contributed by atoms with Crippen LogP contribution in [-0.4, -0.2) is 20.2 Å². The number of hydrogen-bond donors (Lipinski definition) is 1. The number of para-hydroxylation sites is 1. The molecule has 0 saturated carbocycles. The third kappa shape index (κ3) is 2.52. The van der Waals surface area contributed by atoms with Crippen LogP contribution in [0.2, 0.25) is 0 Å². The number of fused-ring (bicyclic) bond motifs is 2. The lowest BCUT2D eigenvalue weighted by molar-refractivity contribution is 0.174.